The lowest BCUT2D eigenvalue weighted by molar-refractivity contribution is -0.143. The molecule has 5 heterocycles. The quantitative estimate of drug-likeness (QED) is 0.0568. The first kappa shape index (κ1) is 48.5. The largest absolute Gasteiger partial charge is 0.510 e. The number of H-pyrrole nitrogens is 3. The Kier molecular flexibility index (Phi) is 16.2. The number of methoxy groups -OCH3 is 1. The Bertz CT molecular complexity index is 2510. The predicted molar refractivity (Wildman–Crippen MR) is 263 cm³/mol. The van der Waals surface area contributed by atoms with Crippen LogP contribution in [0.25, 0.3) is 35.6 Å². The van der Waals surface area contributed by atoms with E-state index >= 15 is 0 Å². The van der Waals surface area contributed by atoms with Crippen molar-refractivity contribution in [3.8, 4) is 0 Å². The SMILES string of the molecule is C=Cc1c2[nH]c(c1C)/C=C1\NC(C3=c4[nH]c(c(C)c4=C(O)[C@@H]3C(=O)OC)/C=c3\[nH]/c(c(C)c3CC)=C\2)[C@@H](CCC(=O)OC/C=C(\C)CCC[C@H](C)CCC[C@H](C)CCCC(C)C)[C@@H]1C. The maximum Gasteiger partial charge on any atom is 0.320 e. The van der Waals surface area contributed by atoms with Crippen LogP contribution in [0, 0.1) is 56.3 Å². The third-order valence-electron chi connectivity index (χ3n) is 14.8. The van der Waals surface area contributed by atoms with Crippen molar-refractivity contribution in [2.24, 2.45) is 35.5 Å². The van der Waals surface area contributed by atoms with Crippen molar-refractivity contribution in [1.82, 2.24) is 20.3 Å². The van der Waals surface area contributed by atoms with E-state index in [1.54, 1.807) is 0 Å². The van der Waals surface area contributed by atoms with Gasteiger partial charge in [-0.3, -0.25) is 9.59 Å². The van der Waals surface area contributed by atoms with E-state index in [1.165, 1.54) is 68.8 Å². The van der Waals surface area contributed by atoms with Gasteiger partial charge in [-0.1, -0.05) is 105 Å². The van der Waals surface area contributed by atoms with Crippen molar-refractivity contribution in [3.63, 3.8) is 0 Å². The smallest absolute Gasteiger partial charge is 0.320 e. The van der Waals surface area contributed by atoms with Gasteiger partial charge in [0.15, 0.2) is 0 Å². The molecule has 3 aliphatic rings. The van der Waals surface area contributed by atoms with Crippen molar-refractivity contribution in [2.45, 2.75) is 152 Å². The average Bonchev–Trinajstić information content (AvgIpc) is 3.99. The fourth-order valence-corrected chi connectivity index (χ4v) is 10.7. The molecule has 3 aromatic rings. The Morgan fingerprint density at radius 1 is 0.844 bits per heavy atom. The Labute approximate surface area is 382 Å². The molecule has 9 heteroatoms. The van der Waals surface area contributed by atoms with Crippen molar-refractivity contribution in [2.75, 3.05) is 13.7 Å². The molecule has 3 aromatic heterocycles. The maximum atomic E-state index is 13.7. The first-order chi connectivity index (χ1) is 30.6. The molecule has 1 aliphatic carbocycles. The van der Waals surface area contributed by atoms with Gasteiger partial charge in [0.25, 0.3) is 0 Å². The van der Waals surface area contributed by atoms with Gasteiger partial charge in [0, 0.05) is 56.6 Å². The van der Waals surface area contributed by atoms with E-state index in [4.69, 9.17) is 9.47 Å². The predicted octanol–water partition coefficient (Wildman–Crippen LogP) is 9.37. The van der Waals surface area contributed by atoms with Gasteiger partial charge in [0.1, 0.15) is 18.3 Å². The third-order valence-corrected chi connectivity index (χ3v) is 14.8. The number of allylic oxidation sites excluding steroid dienone is 2. The van der Waals surface area contributed by atoms with Crippen LogP contribution in [0.1, 0.15) is 164 Å². The molecule has 64 heavy (non-hydrogen) atoms. The van der Waals surface area contributed by atoms with Crippen molar-refractivity contribution in [3.05, 3.63) is 90.1 Å². The summed E-state index contributed by atoms with van der Waals surface area (Å²) in [7, 11) is 1.36. The molecule has 6 atom stereocenters. The molecule has 0 amide bonds. The number of carbonyl (C=O) groups is 2. The molecule has 0 saturated carbocycles. The third kappa shape index (κ3) is 10.6. The van der Waals surface area contributed by atoms with Gasteiger partial charge < -0.3 is 34.8 Å². The summed E-state index contributed by atoms with van der Waals surface area (Å²) in [6.07, 6.45) is 23.3. The lowest BCUT2D eigenvalue weighted by Gasteiger charge is -2.26. The molecule has 9 nitrogen and oxygen atoms in total. The van der Waals surface area contributed by atoms with Crippen LogP contribution in [0.2, 0.25) is 0 Å². The summed E-state index contributed by atoms with van der Waals surface area (Å²) in [6.45, 7) is 26.6. The summed E-state index contributed by atoms with van der Waals surface area (Å²) in [6, 6.07) is -0.395. The van der Waals surface area contributed by atoms with Crippen LogP contribution in [-0.4, -0.2) is 51.8 Å². The normalized spacial score (nSPS) is 22.0. The molecule has 8 bridgehead atoms. The standard InChI is InChI=1S/C55H78N4O5/c1-13-39-35(8)42-28-44-37(10)41(24-25-48(60)64-27-26-34(7)23-17-22-33(6)21-16-20-32(5)19-15-18-31(3)4)52(58-44)50-51(55(62)63-12)54(61)49-38(11)45(59-53(49)50)30-47-40(14-2)36(9)43(57-47)29-46(39)56-42/h13,26,28-33,37,41,51-52,56-59,61H,1,14-25,27H2,2-12H3/b34-26+,43-29-,44-28-,47-30-/t32-,33-,37+,41+,51-,52?/m1/s1. The minimum atomic E-state index is -0.994. The van der Waals surface area contributed by atoms with Crippen molar-refractivity contribution in [1.29, 1.82) is 0 Å². The van der Waals surface area contributed by atoms with E-state index in [9.17, 15) is 14.7 Å². The average molecular weight is 875 g/mol. The highest BCUT2D eigenvalue weighted by Gasteiger charge is 2.47. The lowest BCUT2D eigenvalue weighted by Crippen LogP contribution is -2.38. The summed E-state index contributed by atoms with van der Waals surface area (Å²) in [5, 5.41) is 19.1. The molecule has 1 saturated heterocycles. The Balaban J connectivity index is 1.21. The molecule has 0 aromatic carbocycles. The number of aliphatic hydroxyl groups excluding tert-OH is 1. The van der Waals surface area contributed by atoms with Crippen LogP contribution in [0.15, 0.2) is 23.9 Å². The van der Waals surface area contributed by atoms with E-state index in [0.717, 1.165) is 98.1 Å². The number of fused-ring (bicyclic) bond motifs is 8. The van der Waals surface area contributed by atoms with Crippen LogP contribution in [0.4, 0.5) is 0 Å². The fraction of sp³-hybridized carbons (Fsp3) is 0.564. The summed E-state index contributed by atoms with van der Waals surface area (Å²) in [5.41, 5.74) is 11.1. The molecular formula is C55H78N4O5. The van der Waals surface area contributed by atoms with Crippen molar-refractivity contribution < 1.29 is 24.2 Å². The zero-order valence-electron chi connectivity index (χ0n) is 40.9. The Morgan fingerprint density at radius 3 is 2.16 bits per heavy atom. The number of hydrogen-bond acceptors (Lipinski definition) is 6. The second-order valence-electron chi connectivity index (χ2n) is 19.9. The van der Waals surface area contributed by atoms with E-state index < -0.39 is 17.9 Å². The molecule has 2 aliphatic heterocycles. The summed E-state index contributed by atoms with van der Waals surface area (Å²) < 4.78 is 11.2. The molecule has 1 fully saturated rings. The van der Waals surface area contributed by atoms with E-state index in [1.807, 2.05) is 13.0 Å². The number of nitrogens with one attached hydrogen (secondary N) is 4. The number of hydrogen-bond donors (Lipinski definition) is 5. The molecule has 1 unspecified atom stereocenters. The number of aromatic amines is 3. The van der Waals surface area contributed by atoms with E-state index in [0.29, 0.717) is 11.6 Å². The number of ether oxygens (including phenoxy) is 2. The zero-order chi connectivity index (χ0) is 46.4. The Morgan fingerprint density at radius 2 is 1.50 bits per heavy atom. The minimum Gasteiger partial charge on any atom is -0.510 e. The van der Waals surface area contributed by atoms with Gasteiger partial charge in [-0.15, -0.1) is 0 Å². The van der Waals surface area contributed by atoms with Gasteiger partial charge in [-0.05, 0) is 129 Å². The minimum absolute atomic E-state index is 0.0153. The van der Waals surface area contributed by atoms with Gasteiger partial charge in [0.05, 0.1) is 18.5 Å². The maximum absolute atomic E-state index is 13.7. The van der Waals surface area contributed by atoms with Gasteiger partial charge in [0.2, 0.25) is 0 Å². The Hall–Kier alpha value is -4.92. The topological polar surface area (TPSA) is 132 Å². The molecule has 0 radical (unpaired) electrons. The van der Waals surface area contributed by atoms with Crippen LogP contribution in [-0.2, 0) is 25.5 Å². The van der Waals surface area contributed by atoms with Crippen LogP contribution in [0.3, 0.4) is 0 Å². The molecule has 6 rings (SSSR count). The van der Waals surface area contributed by atoms with E-state index in [2.05, 4.69) is 113 Å². The van der Waals surface area contributed by atoms with Crippen LogP contribution in [0.5, 0.6) is 0 Å². The highest BCUT2D eigenvalue weighted by atomic mass is 16.5. The second kappa shape index (κ2) is 21.4. The van der Waals surface area contributed by atoms with Gasteiger partial charge in [-0.25, -0.2) is 0 Å². The number of aromatic nitrogens is 3. The highest BCUT2D eigenvalue weighted by Crippen LogP contribution is 2.42. The van der Waals surface area contributed by atoms with Crippen molar-refractivity contribution >= 4 is 47.6 Å². The molecule has 0 spiro atoms. The van der Waals surface area contributed by atoms with Crippen LogP contribution < -0.4 is 26.6 Å². The zero-order valence-corrected chi connectivity index (χ0v) is 40.9. The lowest BCUT2D eigenvalue weighted by atomic mass is 9.80. The molecule has 5 N–H and O–H groups in total. The van der Waals surface area contributed by atoms with E-state index in [-0.39, 0.29) is 36.6 Å². The number of carbonyl (C=O) groups excluding carboxylic acids is 2. The first-order valence-electron chi connectivity index (χ1n) is 24.4. The summed E-state index contributed by atoms with van der Waals surface area (Å²) in [4.78, 5) is 38.2. The molecular weight excluding hydrogens is 797 g/mol. The molecule has 348 valence electrons. The van der Waals surface area contributed by atoms with Crippen LogP contribution >= 0.6 is 0 Å². The highest BCUT2D eigenvalue weighted by molar-refractivity contribution is 5.95. The summed E-state index contributed by atoms with van der Waals surface area (Å²) >= 11 is 0. The summed E-state index contributed by atoms with van der Waals surface area (Å²) in [5.74, 6) is 0.433. The van der Waals surface area contributed by atoms with Gasteiger partial charge >= 0.3 is 11.9 Å². The number of esters is 2. The number of rotatable bonds is 20. The van der Waals surface area contributed by atoms with Gasteiger partial charge in [-0.2, -0.15) is 0 Å². The fourth-order valence-electron chi connectivity index (χ4n) is 10.7. The number of aliphatic hydroxyl groups is 1. The monoisotopic (exact) mass is 875 g/mol. The first-order valence-corrected chi connectivity index (χ1v) is 24.4. The second-order valence-corrected chi connectivity index (χ2v) is 19.9.